The van der Waals surface area contributed by atoms with Crippen molar-refractivity contribution in [3.63, 3.8) is 0 Å². The quantitative estimate of drug-likeness (QED) is 0.347. The van der Waals surface area contributed by atoms with Crippen molar-refractivity contribution in [2.45, 2.75) is 19.8 Å². The second-order valence-electron chi connectivity index (χ2n) is 9.38. The highest BCUT2D eigenvalue weighted by Gasteiger charge is 2.24. The maximum absolute atomic E-state index is 13.7. The number of benzene rings is 2. The molecule has 3 heterocycles. The SMILES string of the molecule is COC(=O)N1CCC(COc2cc(-c3ccc(F)cc3)cc3c(N(C)c4ccc(C)nn4)ncnc23)CC1. The molecule has 0 radical (unpaired) electrons. The number of hydrogen-bond donors (Lipinski definition) is 0. The maximum Gasteiger partial charge on any atom is 0.409 e. The number of amides is 1. The molecule has 5 rings (SSSR count). The lowest BCUT2D eigenvalue weighted by molar-refractivity contribution is 0.0966. The van der Waals surface area contributed by atoms with Crippen LogP contribution in [0.1, 0.15) is 18.5 Å². The molecule has 0 atom stereocenters. The van der Waals surface area contributed by atoms with Gasteiger partial charge in [0.1, 0.15) is 29.2 Å². The lowest BCUT2D eigenvalue weighted by atomic mass is 9.98. The van der Waals surface area contributed by atoms with E-state index in [2.05, 4.69) is 20.2 Å². The summed E-state index contributed by atoms with van der Waals surface area (Å²) in [4.78, 5) is 24.5. The van der Waals surface area contributed by atoms with E-state index in [4.69, 9.17) is 9.47 Å². The Bertz CT molecular complexity index is 1420. The summed E-state index contributed by atoms with van der Waals surface area (Å²) in [5.41, 5.74) is 3.19. The van der Waals surface area contributed by atoms with Gasteiger partial charge in [-0.2, -0.15) is 5.10 Å². The van der Waals surface area contributed by atoms with E-state index in [-0.39, 0.29) is 17.8 Å². The average Bonchev–Trinajstić information content (AvgIpc) is 2.95. The van der Waals surface area contributed by atoms with Gasteiger partial charge in [-0.15, -0.1) is 5.10 Å². The molecule has 0 bridgehead atoms. The molecule has 38 heavy (non-hydrogen) atoms. The Morgan fingerprint density at radius 2 is 1.82 bits per heavy atom. The van der Waals surface area contributed by atoms with Crippen molar-refractivity contribution in [2.75, 3.05) is 38.8 Å². The van der Waals surface area contributed by atoms with Crippen LogP contribution in [-0.4, -0.2) is 65.0 Å². The zero-order valence-corrected chi connectivity index (χ0v) is 21.6. The number of hydrogen-bond acceptors (Lipinski definition) is 8. The third kappa shape index (κ3) is 5.34. The molecule has 196 valence electrons. The number of fused-ring (bicyclic) bond motifs is 1. The molecule has 1 saturated heterocycles. The normalized spacial score (nSPS) is 13.9. The smallest absolute Gasteiger partial charge is 0.409 e. The average molecular weight is 517 g/mol. The van der Waals surface area contributed by atoms with Gasteiger partial charge in [0.15, 0.2) is 5.82 Å². The molecule has 0 unspecified atom stereocenters. The van der Waals surface area contributed by atoms with Crippen LogP contribution in [0.25, 0.3) is 22.0 Å². The Kier molecular flexibility index (Phi) is 7.30. The molecule has 1 aliphatic heterocycles. The van der Waals surface area contributed by atoms with E-state index in [9.17, 15) is 9.18 Å². The summed E-state index contributed by atoms with van der Waals surface area (Å²) in [6.07, 6.45) is 2.85. The van der Waals surface area contributed by atoms with Gasteiger partial charge in [0.05, 0.1) is 19.4 Å². The minimum absolute atomic E-state index is 0.284. The van der Waals surface area contributed by atoms with E-state index in [1.807, 2.05) is 43.1 Å². The second-order valence-corrected chi connectivity index (χ2v) is 9.38. The number of methoxy groups -OCH3 is 1. The number of carbonyl (C=O) groups is 1. The molecule has 1 aliphatic rings. The van der Waals surface area contributed by atoms with Gasteiger partial charge in [0.25, 0.3) is 0 Å². The molecule has 0 N–H and O–H groups in total. The first-order chi connectivity index (χ1) is 18.4. The number of nitrogens with zero attached hydrogens (tertiary/aromatic N) is 6. The highest BCUT2D eigenvalue weighted by atomic mass is 19.1. The summed E-state index contributed by atoms with van der Waals surface area (Å²) >= 11 is 0. The lowest BCUT2D eigenvalue weighted by Gasteiger charge is -2.30. The molecule has 1 fully saturated rings. The van der Waals surface area contributed by atoms with E-state index in [1.165, 1.54) is 25.6 Å². The van der Waals surface area contributed by atoms with Crippen molar-refractivity contribution in [3.05, 3.63) is 66.4 Å². The van der Waals surface area contributed by atoms with Crippen LogP contribution in [0.15, 0.2) is 54.9 Å². The molecule has 4 aromatic rings. The maximum atomic E-state index is 13.7. The van der Waals surface area contributed by atoms with Gasteiger partial charge >= 0.3 is 6.09 Å². The third-order valence-electron chi connectivity index (χ3n) is 6.83. The second kappa shape index (κ2) is 11.0. The van der Waals surface area contributed by atoms with E-state index in [1.54, 1.807) is 17.0 Å². The van der Waals surface area contributed by atoms with Crippen molar-refractivity contribution in [2.24, 2.45) is 5.92 Å². The van der Waals surface area contributed by atoms with Crippen LogP contribution in [0, 0.1) is 18.7 Å². The highest BCUT2D eigenvalue weighted by Crippen LogP contribution is 2.37. The Hall–Kier alpha value is -4.34. The van der Waals surface area contributed by atoms with Gasteiger partial charge in [-0.3, -0.25) is 0 Å². The molecule has 0 spiro atoms. The van der Waals surface area contributed by atoms with Crippen LogP contribution in [-0.2, 0) is 4.74 Å². The Morgan fingerprint density at radius 1 is 1.05 bits per heavy atom. The summed E-state index contributed by atoms with van der Waals surface area (Å²) in [5, 5.41) is 9.25. The van der Waals surface area contributed by atoms with Crippen molar-refractivity contribution in [1.29, 1.82) is 0 Å². The zero-order valence-electron chi connectivity index (χ0n) is 21.6. The minimum atomic E-state index is -0.300. The number of likely N-dealkylation sites (tertiary alicyclic amines) is 1. The fourth-order valence-corrected chi connectivity index (χ4v) is 4.61. The van der Waals surface area contributed by atoms with Gasteiger partial charge < -0.3 is 19.3 Å². The van der Waals surface area contributed by atoms with Gasteiger partial charge in [0, 0.05) is 25.5 Å². The summed E-state index contributed by atoms with van der Waals surface area (Å²) < 4.78 is 24.9. The largest absolute Gasteiger partial charge is 0.491 e. The topological polar surface area (TPSA) is 93.6 Å². The number of halogens is 1. The standard InChI is InChI=1S/C28H29FN6O3/c1-18-4-9-25(33-32-18)34(2)27-23-14-21(20-5-7-22(29)8-6-20)15-24(26(23)30-17-31-27)38-16-19-10-12-35(13-11-19)28(36)37-3/h4-9,14-15,17,19H,10-13,16H2,1-3H3. The third-order valence-corrected chi connectivity index (χ3v) is 6.83. The minimum Gasteiger partial charge on any atom is -0.491 e. The van der Waals surface area contributed by atoms with E-state index < -0.39 is 0 Å². The summed E-state index contributed by atoms with van der Waals surface area (Å²) in [7, 11) is 3.27. The van der Waals surface area contributed by atoms with Crippen LogP contribution in [0.4, 0.5) is 20.8 Å². The van der Waals surface area contributed by atoms with E-state index in [0.717, 1.165) is 35.0 Å². The lowest BCUT2D eigenvalue weighted by Crippen LogP contribution is -2.39. The first-order valence-electron chi connectivity index (χ1n) is 12.5. The van der Waals surface area contributed by atoms with Gasteiger partial charge in [-0.1, -0.05) is 12.1 Å². The van der Waals surface area contributed by atoms with Crippen molar-refractivity contribution in [3.8, 4) is 16.9 Å². The van der Waals surface area contributed by atoms with Gasteiger partial charge in [0.2, 0.25) is 0 Å². The van der Waals surface area contributed by atoms with E-state index in [0.29, 0.717) is 42.6 Å². The predicted octanol–water partition coefficient (Wildman–Crippen LogP) is 5.16. The molecule has 0 saturated carbocycles. The molecule has 0 aliphatic carbocycles. The first-order valence-corrected chi connectivity index (χ1v) is 12.5. The molecule has 10 heteroatoms. The van der Waals surface area contributed by atoms with Crippen molar-refractivity contribution >= 4 is 28.6 Å². The number of ether oxygens (including phenoxy) is 2. The van der Waals surface area contributed by atoms with Crippen LogP contribution in [0.5, 0.6) is 5.75 Å². The molecule has 2 aromatic carbocycles. The molecular weight excluding hydrogens is 487 g/mol. The van der Waals surface area contributed by atoms with Gasteiger partial charge in [-0.25, -0.2) is 19.2 Å². The molecule has 9 nitrogen and oxygen atoms in total. The monoisotopic (exact) mass is 516 g/mol. The van der Waals surface area contributed by atoms with Crippen molar-refractivity contribution in [1.82, 2.24) is 25.1 Å². The Labute approximate surface area is 220 Å². The Morgan fingerprint density at radius 3 is 2.50 bits per heavy atom. The van der Waals surface area contributed by atoms with Crippen LogP contribution in [0.3, 0.4) is 0 Å². The predicted molar refractivity (Wildman–Crippen MR) is 142 cm³/mol. The van der Waals surface area contributed by atoms with E-state index >= 15 is 0 Å². The fourth-order valence-electron chi connectivity index (χ4n) is 4.61. The molecular formula is C28H29FN6O3. The van der Waals surface area contributed by atoms with Crippen LogP contribution < -0.4 is 9.64 Å². The fraction of sp³-hybridized carbons (Fsp3) is 0.321. The van der Waals surface area contributed by atoms with Crippen LogP contribution in [0.2, 0.25) is 0 Å². The van der Waals surface area contributed by atoms with Gasteiger partial charge in [-0.05, 0) is 73.2 Å². The van der Waals surface area contributed by atoms with Crippen LogP contribution >= 0.6 is 0 Å². The first kappa shape index (κ1) is 25.3. The number of carbonyl (C=O) groups excluding carboxylic acids is 1. The molecule has 2 aromatic heterocycles. The number of anilines is 2. The summed E-state index contributed by atoms with van der Waals surface area (Å²) in [6, 6.07) is 14.0. The summed E-state index contributed by atoms with van der Waals surface area (Å²) in [5.74, 6) is 1.89. The molecule has 1 amide bonds. The number of aryl methyl sites for hydroxylation is 1. The summed E-state index contributed by atoms with van der Waals surface area (Å²) in [6.45, 7) is 3.63. The number of aromatic nitrogens is 4. The zero-order chi connectivity index (χ0) is 26.6. The van der Waals surface area contributed by atoms with Crippen molar-refractivity contribution < 1.29 is 18.7 Å². The Balaban J connectivity index is 1.49. The highest BCUT2D eigenvalue weighted by molar-refractivity contribution is 5.97. The number of rotatable bonds is 6. The number of piperidine rings is 1.